The highest BCUT2D eigenvalue weighted by atomic mass is 16.4. The highest BCUT2D eigenvalue weighted by Crippen LogP contribution is 2.02. The summed E-state index contributed by atoms with van der Waals surface area (Å²) in [5, 5.41) is 7.60. The van der Waals surface area contributed by atoms with E-state index in [2.05, 4.69) is 5.73 Å². The van der Waals surface area contributed by atoms with E-state index >= 15 is 0 Å². The van der Waals surface area contributed by atoms with Crippen LogP contribution in [0.3, 0.4) is 0 Å². The summed E-state index contributed by atoms with van der Waals surface area (Å²) >= 11 is 0. The summed E-state index contributed by atoms with van der Waals surface area (Å²) in [4.78, 5) is 9.24. The number of hydrogen-bond donors (Lipinski definition) is 4. The number of aliphatic carboxylic acids is 1. The molecule has 5 heteroatoms. The SMILES string of the molecule is NCC(=O)O.NCc1cccc(CN)c1. The van der Waals surface area contributed by atoms with Crippen molar-refractivity contribution < 1.29 is 9.90 Å². The second-order valence-electron chi connectivity index (χ2n) is 2.83. The highest BCUT2D eigenvalue weighted by Gasteiger charge is 1.89. The van der Waals surface area contributed by atoms with Crippen LogP contribution >= 0.6 is 0 Å². The first-order valence-corrected chi connectivity index (χ1v) is 4.53. The van der Waals surface area contributed by atoms with Crippen molar-refractivity contribution in [1.82, 2.24) is 0 Å². The van der Waals surface area contributed by atoms with Gasteiger partial charge >= 0.3 is 5.97 Å². The monoisotopic (exact) mass is 211 g/mol. The van der Waals surface area contributed by atoms with Gasteiger partial charge in [0.15, 0.2) is 0 Å². The van der Waals surface area contributed by atoms with Crippen LogP contribution in [0.25, 0.3) is 0 Å². The number of rotatable bonds is 3. The van der Waals surface area contributed by atoms with Crippen LogP contribution in [0.15, 0.2) is 24.3 Å². The molecule has 0 aliphatic rings. The van der Waals surface area contributed by atoms with Gasteiger partial charge in [-0.1, -0.05) is 24.3 Å². The van der Waals surface area contributed by atoms with Crippen molar-refractivity contribution in [3.8, 4) is 0 Å². The third-order valence-corrected chi connectivity index (χ3v) is 1.64. The molecule has 5 nitrogen and oxygen atoms in total. The maximum atomic E-state index is 9.24. The Labute approximate surface area is 88.9 Å². The number of hydrogen-bond acceptors (Lipinski definition) is 4. The molecular weight excluding hydrogens is 194 g/mol. The van der Waals surface area contributed by atoms with Gasteiger partial charge in [0.2, 0.25) is 0 Å². The van der Waals surface area contributed by atoms with Crippen molar-refractivity contribution in [1.29, 1.82) is 0 Å². The van der Waals surface area contributed by atoms with Gasteiger partial charge in [0.05, 0.1) is 6.54 Å². The Morgan fingerprint density at radius 3 is 1.80 bits per heavy atom. The van der Waals surface area contributed by atoms with Crippen molar-refractivity contribution >= 4 is 5.97 Å². The van der Waals surface area contributed by atoms with Crippen LogP contribution in [0.4, 0.5) is 0 Å². The fourth-order valence-electron chi connectivity index (χ4n) is 0.884. The summed E-state index contributed by atoms with van der Waals surface area (Å²) in [5.74, 6) is -0.968. The van der Waals surface area contributed by atoms with E-state index in [0.717, 1.165) is 11.1 Å². The molecule has 84 valence electrons. The van der Waals surface area contributed by atoms with Gasteiger partial charge < -0.3 is 22.3 Å². The molecule has 0 radical (unpaired) electrons. The van der Waals surface area contributed by atoms with Crippen molar-refractivity contribution in [2.45, 2.75) is 13.1 Å². The smallest absolute Gasteiger partial charge is 0.317 e. The highest BCUT2D eigenvalue weighted by molar-refractivity contribution is 5.68. The van der Waals surface area contributed by atoms with E-state index < -0.39 is 5.97 Å². The molecule has 1 aromatic rings. The molecule has 0 amide bonds. The summed E-state index contributed by atoms with van der Waals surface area (Å²) in [5.41, 5.74) is 17.7. The second kappa shape index (κ2) is 7.93. The van der Waals surface area contributed by atoms with Crippen LogP contribution in [0.1, 0.15) is 11.1 Å². The van der Waals surface area contributed by atoms with Gasteiger partial charge in [-0.2, -0.15) is 0 Å². The number of carboxylic acids is 1. The lowest BCUT2D eigenvalue weighted by Gasteiger charge is -1.98. The van der Waals surface area contributed by atoms with Gasteiger partial charge in [-0.25, -0.2) is 0 Å². The average Bonchev–Trinajstić information content (AvgIpc) is 2.29. The van der Waals surface area contributed by atoms with Gasteiger partial charge in [0.25, 0.3) is 0 Å². The average molecular weight is 211 g/mol. The Morgan fingerprint density at radius 2 is 1.53 bits per heavy atom. The first kappa shape index (κ1) is 13.6. The topological polar surface area (TPSA) is 115 Å². The standard InChI is InChI=1S/C8H12N2.C2H5NO2/c9-5-7-2-1-3-8(4-7)6-10;3-1-2(4)5/h1-4H,5-6,9-10H2;1,3H2,(H,4,5). The zero-order chi connectivity index (χ0) is 11.7. The minimum absolute atomic E-state index is 0.278. The zero-order valence-electron chi connectivity index (χ0n) is 8.52. The molecule has 0 atom stereocenters. The van der Waals surface area contributed by atoms with E-state index in [-0.39, 0.29) is 6.54 Å². The van der Waals surface area contributed by atoms with E-state index in [4.69, 9.17) is 16.6 Å². The fourth-order valence-corrected chi connectivity index (χ4v) is 0.884. The van der Waals surface area contributed by atoms with Gasteiger partial charge in [-0.15, -0.1) is 0 Å². The zero-order valence-corrected chi connectivity index (χ0v) is 8.52. The van der Waals surface area contributed by atoms with E-state index in [9.17, 15) is 4.79 Å². The minimum atomic E-state index is -0.968. The molecule has 1 aromatic carbocycles. The first-order valence-electron chi connectivity index (χ1n) is 4.53. The van der Waals surface area contributed by atoms with Crippen LogP contribution in [0.5, 0.6) is 0 Å². The van der Waals surface area contributed by atoms with Crippen molar-refractivity contribution in [2.24, 2.45) is 17.2 Å². The van der Waals surface area contributed by atoms with Crippen molar-refractivity contribution in [3.05, 3.63) is 35.4 Å². The molecule has 1 rings (SSSR count). The number of benzene rings is 1. The van der Waals surface area contributed by atoms with Gasteiger partial charge in [-0.05, 0) is 11.1 Å². The first-order chi connectivity index (χ1) is 7.13. The van der Waals surface area contributed by atoms with Crippen LogP contribution in [-0.2, 0) is 17.9 Å². The molecule has 0 fully saturated rings. The summed E-state index contributed by atoms with van der Waals surface area (Å²) in [6.07, 6.45) is 0. The van der Waals surface area contributed by atoms with Gasteiger partial charge in [0.1, 0.15) is 0 Å². The van der Waals surface area contributed by atoms with Gasteiger partial charge in [-0.3, -0.25) is 4.79 Å². The Hall–Kier alpha value is -1.43. The maximum absolute atomic E-state index is 9.24. The molecule has 0 bridgehead atoms. The lowest BCUT2D eigenvalue weighted by Crippen LogP contribution is -2.10. The second-order valence-corrected chi connectivity index (χ2v) is 2.83. The maximum Gasteiger partial charge on any atom is 0.317 e. The Kier molecular flexibility index (Phi) is 7.17. The Bertz CT molecular complexity index is 283. The molecule has 0 saturated carbocycles. The summed E-state index contributed by atoms with van der Waals surface area (Å²) in [6.45, 7) is 0.904. The lowest BCUT2D eigenvalue weighted by atomic mass is 10.1. The third kappa shape index (κ3) is 6.62. The predicted molar refractivity (Wildman–Crippen MR) is 58.9 cm³/mol. The van der Waals surface area contributed by atoms with Crippen molar-refractivity contribution in [2.75, 3.05) is 6.54 Å². The summed E-state index contributed by atoms with van der Waals surface area (Å²) in [7, 11) is 0. The number of carbonyl (C=O) groups is 1. The number of carboxylic acid groups (broad SMARTS) is 1. The Balaban J connectivity index is 0.000000336. The molecule has 0 saturated heterocycles. The van der Waals surface area contributed by atoms with Crippen LogP contribution < -0.4 is 17.2 Å². The van der Waals surface area contributed by atoms with E-state index in [1.165, 1.54) is 0 Å². The fraction of sp³-hybridized carbons (Fsp3) is 0.300. The summed E-state index contributed by atoms with van der Waals surface area (Å²) < 4.78 is 0. The molecule has 0 aliphatic carbocycles. The molecule has 15 heavy (non-hydrogen) atoms. The quantitative estimate of drug-likeness (QED) is 0.544. The number of nitrogens with two attached hydrogens (primary N) is 3. The van der Waals surface area contributed by atoms with E-state index in [0.29, 0.717) is 13.1 Å². The normalized spacial score (nSPS) is 9.00. The largest absolute Gasteiger partial charge is 0.480 e. The lowest BCUT2D eigenvalue weighted by molar-refractivity contribution is -0.135. The molecule has 7 N–H and O–H groups in total. The van der Waals surface area contributed by atoms with Crippen LogP contribution in [0, 0.1) is 0 Å². The summed E-state index contributed by atoms with van der Waals surface area (Å²) in [6, 6.07) is 8.00. The van der Waals surface area contributed by atoms with Crippen molar-refractivity contribution in [3.63, 3.8) is 0 Å². The Morgan fingerprint density at radius 1 is 1.13 bits per heavy atom. The predicted octanol–water partition coefficient (Wildman–Crippen LogP) is -0.366. The van der Waals surface area contributed by atoms with E-state index in [1.54, 1.807) is 0 Å². The third-order valence-electron chi connectivity index (χ3n) is 1.64. The van der Waals surface area contributed by atoms with Crippen LogP contribution in [-0.4, -0.2) is 17.6 Å². The molecule has 0 aliphatic heterocycles. The van der Waals surface area contributed by atoms with Crippen LogP contribution in [0.2, 0.25) is 0 Å². The molecule has 0 spiro atoms. The molecule has 0 aromatic heterocycles. The van der Waals surface area contributed by atoms with Gasteiger partial charge in [0, 0.05) is 13.1 Å². The van der Waals surface area contributed by atoms with E-state index in [1.807, 2.05) is 24.3 Å². The molecule has 0 unspecified atom stereocenters. The molecular formula is C10H17N3O2. The molecule has 0 heterocycles. The minimum Gasteiger partial charge on any atom is -0.480 e.